The molecule has 0 spiro atoms. The highest BCUT2D eigenvalue weighted by atomic mass is 16.3. The van der Waals surface area contributed by atoms with E-state index in [1.807, 2.05) is 37.2 Å². The SMILES string of the molecule is CC1(C)CN(C(=O)Cc2cc[nH]c2)CCC1O. The summed E-state index contributed by atoms with van der Waals surface area (Å²) in [6.07, 6.45) is 4.48. The number of nitrogens with zero attached hydrogens (tertiary/aromatic N) is 1. The zero-order valence-electron chi connectivity index (χ0n) is 10.4. The van der Waals surface area contributed by atoms with E-state index in [1.54, 1.807) is 0 Å². The molecule has 17 heavy (non-hydrogen) atoms. The Morgan fingerprint density at radius 1 is 1.65 bits per heavy atom. The largest absolute Gasteiger partial charge is 0.392 e. The standard InChI is InChI=1S/C13H20N2O2/c1-13(2)9-15(6-4-11(13)16)12(17)7-10-3-5-14-8-10/h3,5,8,11,14,16H,4,6-7,9H2,1-2H3. The average molecular weight is 236 g/mol. The van der Waals surface area contributed by atoms with Crippen LogP contribution in [0.25, 0.3) is 0 Å². The van der Waals surface area contributed by atoms with Crippen molar-refractivity contribution >= 4 is 5.91 Å². The predicted octanol–water partition coefficient (Wildman–Crippen LogP) is 1.18. The fraction of sp³-hybridized carbons (Fsp3) is 0.615. The Kier molecular flexibility index (Phi) is 3.24. The number of rotatable bonds is 2. The molecule has 1 amide bonds. The number of aromatic amines is 1. The highest BCUT2D eigenvalue weighted by Crippen LogP contribution is 2.29. The summed E-state index contributed by atoms with van der Waals surface area (Å²) in [4.78, 5) is 16.9. The maximum Gasteiger partial charge on any atom is 0.227 e. The van der Waals surface area contributed by atoms with Gasteiger partial charge in [0.2, 0.25) is 5.91 Å². The van der Waals surface area contributed by atoms with Crippen molar-refractivity contribution in [3.8, 4) is 0 Å². The van der Waals surface area contributed by atoms with Gasteiger partial charge < -0.3 is 15.0 Å². The van der Waals surface area contributed by atoms with Crippen molar-refractivity contribution in [3.63, 3.8) is 0 Å². The van der Waals surface area contributed by atoms with E-state index in [9.17, 15) is 9.90 Å². The maximum absolute atomic E-state index is 12.1. The number of piperidine rings is 1. The Morgan fingerprint density at radius 2 is 2.41 bits per heavy atom. The third-order valence-electron chi connectivity index (χ3n) is 3.54. The van der Waals surface area contributed by atoms with Crippen LogP contribution in [-0.4, -0.2) is 40.1 Å². The summed E-state index contributed by atoms with van der Waals surface area (Å²) in [5.74, 6) is 0.143. The summed E-state index contributed by atoms with van der Waals surface area (Å²) in [7, 11) is 0. The van der Waals surface area contributed by atoms with E-state index in [1.165, 1.54) is 0 Å². The Labute approximate surface area is 102 Å². The van der Waals surface area contributed by atoms with Gasteiger partial charge in [-0.2, -0.15) is 0 Å². The molecule has 1 fully saturated rings. The van der Waals surface area contributed by atoms with Gasteiger partial charge in [0.1, 0.15) is 0 Å². The lowest BCUT2D eigenvalue weighted by Gasteiger charge is -2.41. The molecule has 1 atom stereocenters. The molecule has 2 rings (SSSR count). The molecular weight excluding hydrogens is 216 g/mol. The van der Waals surface area contributed by atoms with Gasteiger partial charge in [0, 0.05) is 30.9 Å². The van der Waals surface area contributed by atoms with Crippen LogP contribution in [-0.2, 0) is 11.2 Å². The molecule has 2 N–H and O–H groups in total. The van der Waals surface area contributed by atoms with Gasteiger partial charge in [-0.3, -0.25) is 4.79 Å². The molecule has 1 saturated heterocycles. The molecule has 1 unspecified atom stereocenters. The van der Waals surface area contributed by atoms with Gasteiger partial charge in [-0.05, 0) is 18.1 Å². The molecule has 0 aromatic carbocycles. The number of aliphatic hydroxyl groups is 1. The number of carbonyl (C=O) groups excluding carboxylic acids is 1. The Balaban J connectivity index is 1.97. The third kappa shape index (κ3) is 2.69. The van der Waals surface area contributed by atoms with Gasteiger partial charge in [-0.25, -0.2) is 0 Å². The second-order valence-electron chi connectivity index (χ2n) is 5.50. The smallest absolute Gasteiger partial charge is 0.227 e. The van der Waals surface area contributed by atoms with Crippen LogP contribution < -0.4 is 0 Å². The van der Waals surface area contributed by atoms with Crippen LogP contribution >= 0.6 is 0 Å². The molecule has 1 aromatic heterocycles. The van der Waals surface area contributed by atoms with E-state index >= 15 is 0 Å². The second-order valence-corrected chi connectivity index (χ2v) is 5.50. The zero-order valence-corrected chi connectivity index (χ0v) is 10.4. The van der Waals surface area contributed by atoms with Gasteiger partial charge in [0.15, 0.2) is 0 Å². The van der Waals surface area contributed by atoms with Crippen LogP contribution in [0.1, 0.15) is 25.8 Å². The molecule has 1 aliphatic rings. The lowest BCUT2D eigenvalue weighted by molar-refractivity contribution is -0.137. The lowest BCUT2D eigenvalue weighted by Crippen LogP contribution is -2.51. The van der Waals surface area contributed by atoms with Crippen molar-refractivity contribution in [2.75, 3.05) is 13.1 Å². The van der Waals surface area contributed by atoms with E-state index in [2.05, 4.69) is 4.98 Å². The summed E-state index contributed by atoms with van der Waals surface area (Å²) in [6.45, 7) is 5.31. The summed E-state index contributed by atoms with van der Waals surface area (Å²) < 4.78 is 0. The van der Waals surface area contributed by atoms with Gasteiger partial charge in [0.25, 0.3) is 0 Å². The molecule has 1 aliphatic heterocycles. The molecule has 1 aromatic rings. The minimum Gasteiger partial charge on any atom is -0.392 e. The summed E-state index contributed by atoms with van der Waals surface area (Å²) in [5.41, 5.74) is 0.811. The maximum atomic E-state index is 12.1. The molecule has 4 nitrogen and oxygen atoms in total. The van der Waals surface area contributed by atoms with E-state index < -0.39 is 0 Å². The van der Waals surface area contributed by atoms with E-state index in [0.29, 0.717) is 25.9 Å². The first-order valence-corrected chi connectivity index (χ1v) is 6.06. The summed E-state index contributed by atoms with van der Waals surface area (Å²) in [6, 6.07) is 1.92. The number of hydrogen-bond donors (Lipinski definition) is 2. The highest BCUT2D eigenvalue weighted by Gasteiger charge is 2.36. The Hall–Kier alpha value is -1.29. The number of H-pyrrole nitrogens is 1. The Morgan fingerprint density at radius 3 is 3.00 bits per heavy atom. The minimum absolute atomic E-state index is 0.143. The molecular formula is C13H20N2O2. The number of aliphatic hydroxyl groups excluding tert-OH is 1. The van der Waals surface area contributed by atoms with Crippen LogP contribution in [0.5, 0.6) is 0 Å². The van der Waals surface area contributed by atoms with Crippen LogP contribution in [0.4, 0.5) is 0 Å². The van der Waals surface area contributed by atoms with Gasteiger partial charge >= 0.3 is 0 Å². The molecule has 0 bridgehead atoms. The van der Waals surface area contributed by atoms with E-state index in [0.717, 1.165) is 5.56 Å². The minimum atomic E-state index is -0.307. The average Bonchev–Trinajstić information content (AvgIpc) is 2.74. The number of amides is 1. The quantitative estimate of drug-likeness (QED) is 0.810. The van der Waals surface area contributed by atoms with Crippen molar-refractivity contribution in [1.82, 2.24) is 9.88 Å². The molecule has 0 saturated carbocycles. The van der Waals surface area contributed by atoms with Gasteiger partial charge in [-0.1, -0.05) is 13.8 Å². The van der Waals surface area contributed by atoms with E-state index in [-0.39, 0.29) is 17.4 Å². The molecule has 4 heteroatoms. The predicted molar refractivity (Wildman–Crippen MR) is 65.5 cm³/mol. The van der Waals surface area contributed by atoms with E-state index in [4.69, 9.17) is 0 Å². The summed E-state index contributed by atoms with van der Waals surface area (Å²) >= 11 is 0. The van der Waals surface area contributed by atoms with Crippen molar-refractivity contribution < 1.29 is 9.90 Å². The van der Waals surface area contributed by atoms with Crippen LogP contribution in [0, 0.1) is 5.41 Å². The van der Waals surface area contributed by atoms with Gasteiger partial charge in [0.05, 0.1) is 12.5 Å². The molecule has 0 radical (unpaired) electrons. The summed E-state index contributed by atoms with van der Waals surface area (Å²) in [5, 5.41) is 9.85. The first kappa shape index (κ1) is 12.2. The van der Waals surface area contributed by atoms with Crippen LogP contribution in [0.15, 0.2) is 18.5 Å². The monoisotopic (exact) mass is 236 g/mol. The van der Waals surface area contributed by atoms with Gasteiger partial charge in [-0.15, -0.1) is 0 Å². The van der Waals surface area contributed by atoms with Crippen LogP contribution in [0.2, 0.25) is 0 Å². The number of hydrogen-bond acceptors (Lipinski definition) is 2. The molecule has 2 heterocycles. The topological polar surface area (TPSA) is 56.3 Å². The number of nitrogens with one attached hydrogen (secondary N) is 1. The van der Waals surface area contributed by atoms with Crippen molar-refractivity contribution in [2.45, 2.75) is 32.8 Å². The Bertz CT molecular complexity index is 384. The van der Waals surface area contributed by atoms with Crippen molar-refractivity contribution in [2.24, 2.45) is 5.41 Å². The van der Waals surface area contributed by atoms with Crippen LogP contribution in [0.3, 0.4) is 0 Å². The van der Waals surface area contributed by atoms with Crippen molar-refractivity contribution in [3.05, 3.63) is 24.0 Å². The number of carbonyl (C=O) groups is 1. The lowest BCUT2D eigenvalue weighted by atomic mass is 9.81. The third-order valence-corrected chi connectivity index (χ3v) is 3.54. The number of aromatic nitrogens is 1. The fourth-order valence-electron chi connectivity index (χ4n) is 2.31. The molecule has 94 valence electrons. The normalized spacial score (nSPS) is 23.7. The fourth-order valence-corrected chi connectivity index (χ4v) is 2.31. The molecule has 0 aliphatic carbocycles. The number of likely N-dealkylation sites (tertiary alicyclic amines) is 1. The second kappa shape index (κ2) is 4.53. The van der Waals surface area contributed by atoms with Crippen molar-refractivity contribution in [1.29, 1.82) is 0 Å². The first-order valence-electron chi connectivity index (χ1n) is 6.06. The first-order chi connectivity index (χ1) is 7.99. The highest BCUT2D eigenvalue weighted by molar-refractivity contribution is 5.78. The zero-order chi connectivity index (χ0) is 12.5.